The molecule has 1 aliphatic heterocycles. The van der Waals surface area contributed by atoms with Crippen molar-refractivity contribution in [1.29, 1.82) is 0 Å². The normalized spacial score (nSPS) is 18.1. The summed E-state index contributed by atoms with van der Waals surface area (Å²) in [5.41, 5.74) is -1.66. The standard InChI is InChI=1S/C25H26ClF6N3O2S/c1-23(11-4-12-38-3)14-35(33-21(23)16-5-10-19(20(26)13-16)25(30,31)32)22(36)34(15-37-2)18-8-6-17(7-9-18)24(27,28)29/h5-10,13H,4,11-12,14-15H2,1-3H3. The molecule has 0 aromatic heterocycles. The van der Waals surface area contributed by atoms with Crippen LogP contribution in [0.2, 0.25) is 5.02 Å². The number of benzene rings is 2. The number of ether oxygens (including phenoxy) is 1. The van der Waals surface area contributed by atoms with Crippen molar-refractivity contribution in [2.24, 2.45) is 10.5 Å². The molecule has 2 aromatic carbocycles. The molecule has 13 heteroatoms. The first-order valence-electron chi connectivity index (χ1n) is 11.4. The summed E-state index contributed by atoms with van der Waals surface area (Å²) in [6.07, 6.45) is -5.87. The maximum atomic E-state index is 13.5. The van der Waals surface area contributed by atoms with Crippen molar-refractivity contribution in [3.8, 4) is 0 Å². The SMILES string of the molecule is COCN(C(=O)N1CC(C)(CCCSC)C(c2ccc(C(F)(F)F)c(Cl)c2)=N1)c1ccc(C(F)(F)F)cc1. The molecule has 38 heavy (non-hydrogen) atoms. The lowest BCUT2D eigenvalue weighted by atomic mass is 9.78. The Kier molecular flexibility index (Phi) is 9.31. The summed E-state index contributed by atoms with van der Waals surface area (Å²) in [5.74, 6) is 0.825. The zero-order chi connectivity index (χ0) is 28.3. The number of rotatable bonds is 8. The van der Waals surface area contributed by atoms with Crippen LogP contribution in [0.5, 0.6) is 0 Å². The molecule has 2 aromatic rings. The van der Waals surface area contributed by atoms with Gasteiger partial charge in [0.1, 0.15) is 6.73 Å². The fourth-order valence-corrected chi connectivity index (χ4v) is 4.95. The molecule has 5 nitrogen and oxygen atoms in total. The summed E-state index contributed by atoms with van der Waals surface area (Å²) >= 11 is 7.60. The number of thioether (sulfide) groups is 1. The predicted octanol–water partition coefficient (Wildman–Crippen LogP) is 7.78. The number of hydrogen-bond donors (Lipinski definition) is 0. The first-order valence-corrected chi connectivity index (χ1v) is 13.2. The number of amides is 2. The minimum Gasteiger partial charge on any atom is -0.364 e. The van der Waals surface area contributed by atoms with Crippen LogP contribution in [-0.4, -0.2) is 49.1 Å². The van der Waals surface area contributed by atoms with E-state index in [-0.39, 0.29) is 19.0 Å². The van der Waals surface area contributed by atoms with E-state index < -0.39 is 39.9 Å². The first-order chi connectivity index (χ1) is 17.7. The van der Waals surface area contributed by atoms with E-state index in [2.05, 4.69) is 5.10 Å². The van der Waals surface area contributed by atoms with Crippen molar-refractivity contribution >= 4 is 40.8 Å². The molecule has 1 atom stereocenters. The van der Waals surface area contributed by atoms with Gasteiger partial charge in [-0.25, -0.2) is 9.80 Å². The monoisotopic (exact) mass is 581 g/mol. The molecule has 1 unspecified atom stereocenters. The third kappa shape index (κ3) is 6.76. The van der Waals surface area contributed by atoms with E-state index in [1.165, 1.54) is 19.2 Å². The topological polar surface area (TPSA) is 45.1 Å². The van der Waals surface area contributed by atoms with Crippen molar-refractivity contribution in [3.05, 3.63) is 64.2 Å². The first kappa shape index (κ1) is 30.1. The number of hydrazone groups is 1. The number of carbonyl (C=O) groups is 1. The zero-order valence-corrected chi connectivity index (χ0v) is 22.4. The molecular weight excluding hydrogens is 556 g/mol. The summed E-state index contributed by atoms with van der Waals surface area (Å²) in [5, 5.41) is 5.16. The Bertz CT molecular complexity index is 1170. The summed E-state index contributed by atoms with van der Waals surface area (Å²) < 4.78 is 83.9. The third-order valence-electron chi connectivity index (χ3n) is 6.13. The van der Waals surface area contributed by atoms with E-state index in [0.717, 1.165) is 52.4 Å². The minimum absolute atomic E-state index is 0.106. The highest BCUT2D eigenvalue weighted by Crippen LogP contribution is 2.40. The van der Waals surface area contributed by atoms with Crippen molar-refractivity contribution in [2.45, 2.75) is 32.1 Å². The van der Waals surface area contributed by atoms with Crippen LogP contribution >= 0.6 is 23.4 Å². The Labute approximate surface area is 225 Å². The van der Waals surface area contributed by atoms with Gasteiger partial charge >= 0.3 is 18.4 Å². The number of hydrogen-bond acceptors (Lipinski definition) is 4. The van der Waals surface area contributed by atoms with Crippen LogP contribution in [0.15, 0.2) is 47.6 Å². The van der Waals surface area contributed by atoms with Crippen LogP contribution in [0.4, 0.5) is 36.8 Å². The van der Waals surface area contributed by atoms with E-state index in [9.17, 15) is 31.1 Å². The van der Waals surface area contributed by atoms with Gasteiger partial charge < -0.3 is 4.74 Å². The number of methoxy groups -OCH3 is 1. The summed E-state index contributed by atoms with van der Waals surface area (Å²) in [4.78, 5) is 14.7. The van der Waals surface area contributed by atoms with Crippen LogP contribution in [0.1, 0.15) is 36.5 Å². The van der Waals surface area contributed by atoms with Crippen molar-refractivity contribution in [1.82, 2.24) is 5.01 Å². The third-order valence-corrected chi connectivity index (χ3v) is 7.14. The molecule has 208 valence electrons. The average Bonchev–Trinajstić information content (AvgIpc) is 3.18. The summed E-state index contributed by atoms with van der Waals surface area (Å²) in [6.45, 7) is 1.71. The Morgan fingerprint density at radius 1 is 1.13 bits per heavy atom. The van der Waals surface area contributed by atoms with E-state index in [0.29, 0.717) is 17.7 Å². The fraction of sp³-hybridized carbons (Fsp3) is 0.440. The summed E-state index contributed by atoms with van der Waals surface area (Å²) in [6, 6.07) is 6.73. The van der Waals surface area contributed by atoms with E-state index >= 15 is 0 Å². The van der Waals surface area contributed by atoms with Crippen molar-refractivity contribution < 1.29 is 35.9 Å². The largest absolute Gasteiger partial charge is 0.417 e. The number of halogens is 7. The quantitative estimate of drug-likeness (QED) is 0.182. The molecular formula is C25H26ClF6N3O2S. The highest BCUT2D eigenvalue weighted by molar-refractivity contribution is 7.98. The lowest BCUT2D eigenvalue weighted by molar-refractivity contribution is -0.138. The molecule has 0 fully saturated rings. The van der Waals surface area contributed by atoms with E-state index in [1.54, 1.807) is 11.8 Å². The highest BCUT2D eigenvalue weighted by Gasteiger charge is 2.43. The second-order valence-corrected chi connectivity index (χ2v) is 10.4. The fourth-order valence-electron chi connectivity index (χ4n) is 4.23. The molecule has 0 bridgehead atoms. The molecule has 0 spiro atoms. The Morgan fingerprint density at radius 2 is 1.79 bits per heavy atom. The molecule has 0 N–H and O–H groups in total. The molecule has 0 saturated carbocycles. The Balaban J connectivity index is 1.98. The van der Waals surface area contributed by atoms with Gasteiger partial charge in [0, 0.05) is 18.2 Å². The lowest BCUT2D eigenvalue weighted by Crippen LogP contribution is -2.43. The summed E-state index contributed by atoms with van der Waals surface area (Å²) in [7, 11) is 1.33. The van der Waals surface area contributed by atoms with Gasteiger partial charge in [-0.2, -0.15) is 43.2 Å². The van der Waals surface area contributed by atoms with Gasteiger partial charge in [-0.15, -0.1) is 0 Å². The van der Waals surface area contributed by atoms with Crippen molar-refractivity contribution in [2.75, 3.05) is 37.3 Å². The Morgan fingerprint density at radius 3 is 2.32 bits per heavy atom. The van der Waals surface area contributed by atoms with Gasteiger partial charge in [0.25, 0.3) is 0 Å². The number of anilines is 1. The number of nitrogens with zero attached hydrogens (tertiary/aromatic N) is 3. The lowest BCUT2D eigenvalue weighted by Gasteiger charge is -2.29. The van der Waals surface area contributed by atoms with Gasteiger partial charge in [0.2, 0.25) is 0 Å². The molecule has 1 aliphatic rings. The number of carbonyl (C=O) groups excluding carboxylic acids is 1. The van der Waals surface area contributed by atoms with Crippen LogP contribution in [-0.2, 0) is 17.1 Å². The van der Waals surface area contributed by atoms with Crippen LogP contribution in [0.25, 0.3) is 0 Å². The number of alkyl halides is 6. The van der Waals surface area contributed by atoms with Gasteiger partial charge in [0.15, 0.2) is 0 Å². The second-order valence-electron chi connectivity index (χ2n) is 9.03. The van der Waals surface area contributed by atoms with Gasteiger partial charge in [-0.05, 0) is 66.8 Å². The average molecular weight is 582 g/mol. The maximum absolute atomic E-state index is 13.5. The van der Waals surface area contributed by atoms with Gasteiger partial charge in [0.05, 0.1) is 28.4 Å². The van der Waals surface area contributed by atoms with Crippen LogP contribution in [0, 0.1) is 5.41 Å². The predicted molar refractivity (Wildman–Crippen MR) is 137 cm³/mol. The second kappa shape index (κ2) is 11.7. The smallest absolute Gasteiger partial charge is 0.364 e. The molecule has 0 saturated heterocycles. The van der Waals surface area contributed by atoms with Crippen molar-refractivity contribution in [3.63, 3.8) is 0 Å². The maximum Gasteiger partial charge on any atom is 0.417 e. The highest BCUT2D eigenvalue weighted by atomic mass is 35.5. The van der Waals surface area contributed by atoms with E-state index in [1.807, 2.05) is 13.2 Å². The molecule has 0 radical (unpaired) electrons. The molecule has 2 amide bonds. The molecule has 1 heterocycles. The minimum atomic E-state index is -4.63. The van der Waals surface area contributed by atoms with Crippen LogP contribution in [0.3, 0.4) is 0 Å². The van der Waals surface area contributed by atoms with Crippen LogP contribution < -0.4 is 4.90 Å². The van der Waals surface area contributed by atoms with Gasteiger partial charge in [-0.3, -0.25) is 4.90 Å². The van der Waals surface area contributed by atoms with Gasteiger partial charge in [-0.1, -0.05) is 24.6 Å². The number of urea groups is 1. The Hall–Kier alpha value is -2.44. The molecule has 0 aliphatic carbocycles. The zero-order valence-electron chi connectivity index (χ0n) is 20.8. The van der Waals surface area contributed by atoms with E-state index in [4.69, 9.17) is 16.3 Å². The molecule has 3 rings (SSSR count).